The van der Waals surface area contributed by atoms with Crippen LogP contribution in [0.4, 0.5) is 5.69 Å². The van der Waals surface area contributed by atoms with Crippen molar-refractivity contribution in [3.63, 3.8) is 0 Å². The third kappa shape index (κ3) is 4.63. The molecule has 116 valence electrons. The van der Waals surface area contributed by atoms with Crippen molar-refractivity contribution in [1.29, 1.82) is 0 Å². The van der Waals surface area contributed by atoms with E-state index >= 15 is 0 Å². The highest BCUT2D eigenvalue weighted by Crippen LogP contribution is 2.22. The molecule has 0 bridgehead atoms. The number of carbonyl (C=O) groups excluding carboxylic acids is 1. The zero-order chi connectivity index (χ0) is 14.5. The summed E-state index contributed by atoms with van der Waals surface area (Å²) in [6, 6.07) is 5.94. The van der Waals surface area contributed by atoms with Crippen molar-refractivity contribution >= 4 is 30.0 Å². The van der Waals surface area contributed by atoms with Gasteiger partial charge in [-0.25, -0.2) is 0 Å². The van der Waals surface area contributed by atoms with Crippen LogP contribution < -0.4 is 5.32 Å². The van der Waals surface area contributed by atoms with Crippen LogP contribution in [0.25, 0.3) is 0 Å². The maximum absolute atomic E-state index is 11.9. The second-order valence-electron chi connectivity index (χ2n) is 4.97. The lowest BCUT2D eigenvalue weighted by molar-refractivity contribution is -0.137. The molecule has 1 amide bonds. The minimum Gasteiger partial charge on any atom is -0.481 e. The average molecular weight is 313 g/mol. The largest absolute Gasteiger partial charge is 0.481 e. The van der Waals surface area contributed by atoms with Gasteiger partial charge in [0, 0.05) is 38.2 Å². The Hall–Kier alpha value is -1.75. The molecule has 1 aliphatic heterocycles. The molecule has 6 heteroatoms. The highest BCUT2D eigenvalue weighted by Gasteiger charge is 2.17. The van der Waals surface area contributed by atoms with Crippen LogP contribution in [0.5, 0.6) is 0 Å². The first-order chi connectivity index (χ1) is 9.60. The van der Waals surface area contributed by atoms with Crippen LogP contribution in [0, 0.1) is 0 Å². The number of hydrogen-bond acceptors (Lipinski definition) is 3. The van der Waals surface area contributed by atoms with Crippen molar-refractivity contribution < 1.29 is 14.7 Å². The fourth-order valence-corrected chi connectivity index (χ4v) is 2.40. The van der Waals surface area contributed by atoms with Crippen LogP contribution in [0.15, 0.2) is 18.2 Å². The molecule has 5 nitrogen and oxygen atoms in total. The van der Waals surface area contributed by atoms with Crippen molar-refractivity contribution in [2.75, 3.05) is 18.4 Å². The van der Waals surface area contributed by atoms with Gasteiger partial charge in [-0.15, -0.1) is 12.4 Å². The predicted molar refractivity (Wildman–Crippen MR) is 83.8 cm³/mol. The third-order valence-corrected chi connectivity index (χ3v) is 3.55. The Morgan fingerprint density at radius 3 is 2.86 bits per heavy atom. The number of aliphatic carboxylic acids is 1. The number of carbonyl (C=O) groups is 2. The molecule has 0 saturated heterocycles. The van der Waals surface area contributed by atoms with Crippen molar-refractivity contribution in [3.05, 3.63) is 29.3 Å². The summed E-state index contributed by atoms with van der Waals surface area (Å²) in [5.74, 6) is -0.637. The van der Waals surface area contributed by atoms with Crippen molar-refractivity contribution in [2.45, 2.75) is 32.7 Å². The number of carboxylic acids is 1. The van der Waals surface area contributed by atoms with E-state index in [1.165, 1.54) is 0 Å². The minimum atomic E-state index is -0.791. The number of nitrogens with zero attached hydrogens (tertiary/aromatic N) is 1. The topological polar surface area (TPSA) is 69.6 Å². The SMILES string of the molecule is CCN1Cc2cc(CCC(=O)O)ccc2NCCC1=O.Cl. The Morgan fingerprint density at radius 2 is 2.19 bits per heavy atom. The molecule has 0 atom stereocenters. The molecule has 1 heterocycles. The van der Waals surface area contributed by atoms with E-state index in [0.717, 1.165) is 16.8 Å². The van der Waals surface area contributed by atoms with E-state index in [-0.39, 0.29) is 24.7 Å². The Bertz CT molecular complexity index is 520. The molecule has 2 N–H and O–H groups in total. The van der Waals surface area contributed by atoms with Gasteiger partial charge in [-0.1, -0.05) is 12.1 Å². The van der Waals surface area contributed by atoms with E-state index in [1.807, 2.05) is 30.0 Å². The van der Waals surface area contributed by atoms with Crippen molar-refractivity contribution in [1.82, 2.24) is 4.90 Å². The van der Waals surface area contributed by atoms with Gasteiger partial charge in [0.2, 0.25) is 5.91 Å². The second kappa shape index (κ2) is 7.88. The van der Waals surface area contributed by atoms with Crippen LogP contribution in [0.1, 0.15) is 30.9 Å². The molecule has 2 rings (SSSR count). The van der Waals surface area contributed by atoms with Gasteiger partial charge in [0.15, 0.2) is 0 Å². The van der Waals surface area contributed by atoms with E-state index in [4.69, 9.17) is 5.11 Å². The summed E-state index contributed by atoms with van der Waals surface area (Å²) in [4.78, 5) is 24.4. The van der Waals surface area contributed by atoms with Gasteiger partial charge in [-0.2, -0.15) is 0 Å². The van der Waals surface area contributed by atoms with Gasteiger partial charge in [0.25, 0.3) is 0 Å². The Morgan fingerprint density at radius 1 is 1.43 bits per heavy atom. The molecule has 1 aromatic carbocycles. The number of hydrogen-bond donors (Lipinski definition) is 2. The second-order valence-corrected chi connectivity index (χ2v) is 4.97. The first-order valence-electron chi connectivity index (χ1n) is 6.95. The van der Waals surface area contributed by atoms with E-state index in [0.29, 0.717) is 32.5 Å². The minimum absolute atomic E-state index is 0. The molecule has 1 aromatic rings. The monoisotopic (exact) mass is 312 g/mol. The molecule has 0 unspecified atom stereocenters. The zero-order valence-corrected chi connectivity index (χ0v) is 12.9. The lowest BCUT2D eigenvalue weighted by atomic mass is 10.0. The van der Waals surface area contributed by atoms with Crippen LogP contribution in [-0.2, 0) is 22.6 Å². The summed E-state index contributed by atoms with van der Waals surface area (Å²) in [6.45, 7) is 3.88. The highest BCUT2D eigenvalue weighted by atomic mass is 35.5. The van der Waals surface area contributed by atoms with Gasteiger partial charge in [0.1, 0.15) is 0 Å². The van der Waals surface area contributed by atoms with Crippen molar-refractivity contribution in [3.8, 4) is 0 Å². The summed E-state index contributed by atoms with van der Waals surface area (Å²) in [7, 11) is 0. The molecule has 0 spiro atoms. The molecule has 0 saturated carbocycles. The summed E-state index contributed by atoms with van der Waals surface area (Å²) in [5.41, 5.74) is 3.09. The van der Waals surface area contributed by atoms with E-state index < -0.39 is 5.97 Å². The van der Waals surface area contributed by atoms with Crippen LogP contribution in [0.2, 0.25) is 0 Å². The fourth-order valence-electron chi connectivity index (χ4n) is 2.40. The molecule has 0 radical (unpaired) electrons. The summed E-state index contributed by atoms with van der Waals surface area (Å²) >= 11 is 0. The summed E-state index contributed by atoms with van der Waals surface area (Å²) < 4.78 is 0. The van der Waals surface area contributed by atoms with Crippen LogP contribution in [-0.4, -0.2) is 35.0 Å². The normalized spacial score (nSPS) is 14.3. The standard InChI is InChI=1S/C15H20N2O3.ClH/c1-2-17-10-12-9-11(4-6-15(19)20)3-5-13(12)16-8-7-14(17)18;/h3,5,9,16H,2,4,6-8,10H2,1H3,(H,19,20);1H. The molecular formula is C15H21ClN2O3. The van der Waals surface area contributed by atoms with Crippen LogP contribution in [0.3, 0.4) is 0 Å². The Kier molecular flexibility index (Phi) is 6.49. The lowest BCUT2D eigenvalue weighted by Gasteiger charge is -2.26. The number of anilines is 1. The number of fused-ring (bicyclic) bond motifs is 1. The molecule has 0 aromatic heterocycles. The van der Waals surface area contributed by atoms with Gasteiger partial charge >= 0.3 is 5.97 Å². The fraction of sp³-hybridized carbons (Fsp3) is 0.467. The third-order valence-electron chi connectivity index (χ3n) is 3.55. The maximum Gasteiger partial charge on any atom is 0.303 e. The first-order valence-corrected chi connectivity index (χ1v) is 6.95. The Labute approximate surface area is 130 Å². The number of rotatable bonds is 4. The summed E-state index contributed by atoms with van der Waals surface area (Å²) in [5, 5.41) is 12.0. The highest BCUT2D eigenvalue weighted by molar-refractivity contribution is 5.85. The van der Waals surface area contributed by atoms with E-state index in [2.05, 4.69) is 5.32 Å². The van der Waals surface area contributed by atoms with Gasteiger partial charge < -0.3 is 15.3 Å². The summed E-state index contributed by atoms with van der Waals surface area (Å²) in [6.07, 6.45) is 1.15. The maximum atomic E-state index is 11.9. The quantitative estimate of drug-likeness (QED) is 0.895. The predicted octanol–water partition coefficient (Wildman–Crippen LogP) is 2.29. The smallest absolute Gasteiger partial charge is 0.303 e. The number of aryl methyl sites for hydroxylation is 1. The van der Waals surface area contributed by atoms with Crippen LogP contribution >= 0.6 is 12.4 Å². The average Bonchev–Trinajstić information content (AvgIpc) is 2.41. The van der Waals surface area contributed by atoms with Gasteiger partial charge in [-0.05, 0) is 30.5 Å². The number of benzene rings is 1. The number of carboxylic acid groups (broad SMARTS) is 1. The Balaban J connectivity index is 0.00000220. The van der Waals surface area contributed by atoms with Gasteiger partial charge in [-0.3, -0.25) is 9.59 Å². The molecule has 21 heavy (non-hydrogen) atoms. The van der Waals surface area contributed by atoms with Gasteiger partial charge in [0.05, 0.1) is 0 Å². The van der Waals surface area contributed by atoms with E-state index in [9.17, 15) is 9.59 Å². The number of amides is 1. The first kappa shape index (κ1) is 17.3. The zero-order valence-electron chi connectivity index (χ0n) is 12.1. The van der Waals surface area contributed by atoms with Crippen molar-refractivity contribution in [2.24, 2.45) is 0 Å². The number of halogens is 1. The molecule has 0 aliphatic carbocycles. The van der Waals surface area contributed by atoms with E-state index in [1.54, 1.807) is 0 Å². The molecule has 1 aliphatic rings. The number of nitrogens with one attached hydrogen (secondary N) is 1. The molecular weight excluding hydrogens is 292 g/mol. The lowest BCUT2D eigenvalue weighted by Crippen LogP contribution is -2.33. The molecule has 0 fully saturated rings.